The van der Waals surface area contributed by atoms with Gasteiger partial charge in [-0.25, -0.2) is 4.79 Å². The number of aromatic nitrogens is 2. The van der Waals surface area contributed by atoms with Crippen LogP contribution in [-0.2, 0) is 9.53 Å². The fourth-order valence-electron chi connectivity index (χ4n) is 1.88. The third-order valence-corrected chi connectivity index (χ3v) is 2.99. The fourth-order valence-corrected chi connectivity index (χ4v) is 1.88. The molecule has 0 radical (unpaired) electrons. The maximum Gasteiger partial charge on any atom is 0.334 e. The Balaban J connectivity index is 2.08. The van der Waals surface area contributed by atoms with Crippen LogP contribution in [0, 0.1) is 0 Å². The smallest absolute Gasteiger partial charge is 0.334 e. The van der Waals surface area contributed by atoms with Crippen molar-refractivity contribution < 1.29 is 19.4 Å². The van der Waals surface area contributed by atoms with E-state index in [-0.39, 0.29) is 25.1 Å². The van der Waals surface area contributed by atoms with E-state index >= 15 is 0 Å². The van der Waals surface area contributed by atoms with Crippen molar-refractivity contribution in [3.05, 3.63) is 18.0 Å². The van der Waals surface area contributed by atoms with E-state index in [4.69, 9.17) is 9.84 Å². The van der Waals surface area contributed by atoms with Gasteiger partial charge >= 0.3 is 5.97 Å². The van der Waals surface area contributed by atoms with Gasteiger partial charge in [0.25, 0.3) is 5.91 Å². The van der Waals surface area contributed by atoms with Crippen molar-refractivity contribution in [1.82, 2.24) is 14.7 Å². The Morgan fingerprint density at radius 1 is 1.53 bits per heavy atom. The number of amides is 1. The van der Waals surface area contributed by atoms with Crippen LogP contribution in [0.15, 0.2) is 12.3 Å². The molecule has 0 aliphatic carbocycles. The van der Waals surface area contributed by atoms with Gasteiger partial charge in [0.15, 0.2) is 6.10 Å². The van der Waals surface area contributed by atoms with Crippen molar-refractivity contribution in [3.8, 4) is 0 Å². The van der Waals surface area contributed by atoms with E-state index in [0.717, 1.165) is 0 Å². The molecular formula is C12H17N3O4. The van der Waals surface area contributed by atoms with Crippen LogP contribution >= 0.6 is 0 Å². The summed E-state index contributed by atoms with van der Waals surface area (Å²) in [4.78, 5) is 24.5. The van der Waals surface area contributed by atoms with E-state index in [9.17, 15) is 9.59 Å². The lowest BCUT2D eigenvalue weighted by Crippen LogP contribution is -2.48. The third-order valence-electron chi connectivity index (χ3n) is 2.99. The minimum Gasteiger partial charge on any atom is -0.479 e. The Kier molecular flexibility index (Phi) is 3.84. The van der Waals surface area contributed by atoms with Crippen LogP contribution in [0.1, 0.15) is 30.4 Å². The van der Waals surface area contributed by atoms with Gasteiger partial charge in [0.2, 0.25) is 0 Å². The molecule has 1 fully saturated rings. The molecule has 2 heterocycles. The van der Waals surface area contributed by atoms with Gasteiger partial charge in [0.05, 0.1) is 13.2 Å². The molecule has 1 N–H and O–H groups in total. The molecule has 7 nitrogen and oxygen atoms in total. The first-order chi connectivity index (χ1) is 8.99. The molecule has 1 saturated heterocycles. The number of carbonyl (C=O) groups excluding carboxylic acids is 1. The Morgan fingerprint density at radius 2 is 2.26 bits per heavy atom. The summed E-state index contributed by atoms with van der Waals surface area (Å²) in [6, 6.07) is 1.83. The molecule has 1 aromatic rings. The molecule has 0 unspecified atom stereocenters. The molecule has 2 rings (SSSR count). The highest BCUT2D eigenvalue weighted by molar-refractivity contribution is 5.92. The summed E-state index contributed by atoms with van der Waals surface area (Å²) in [6.45, 7) is 4.61. The van der Waals surface area contributed by atoms with Crippen LogP contribution < -0.4 is 0 Å². The number of ether oxygens (including phenoxy) is 1. The first-order valence-corrected chi connectivity index (χ1v) is 6.18. The summed E-state index contributed by atoms with van der Waals surface area (Å²) in [5.41, 5.74) is 0.333. The lowest BCUT2D eigenvalue weighted by Gasteiger charge is -2.30. The van der Waals surface area contributed by atoms with Crippen molar-refractivity contribution in [2.24, 2.45) is 0 Å². The fraction of sp³-hybridized carbons (Fsp3) is 0.583. The zero-order chi connectivity index (χ0) is 14.0. The van der Waals surface area contributed by atoms with Crippen LogP contribution in [0.5, 0.6) is 0 Å². The lowest BCUT2D eigenvalue weighted by atomic mass is 10.2. The quantitative estimate of drug-likeness (QED) is 0.856. The van der Waals surface area contributed by atoms with Crippen molar-refractivity contribution in [3.63, 3.8) is 0 Å². The van der Waals surface area contributed by atoms with Crippen molar-refractivity contribution in [2.45, 2.75) is 26.0 Å². The summed E-state index contributed by atoms with van der Waals surface area (Å²) >= 11 is 0. The van der Waals surface area contributed by atoms with Gasteiger partial charge in [-0.3, -0.25) is 9.48 Å². The van der Waals surface area contributed by atoms with Gasteiger partial charge in [-0.15, -0.1) is 0 Å². The monoisotopic (exact) mass is 267 g/mol. The Hall–Kier alpha value is -1.89. The first kappa shape index (κ1) is 13.5. The number of carbonyl (C=O) groups is 2. The SMILES string of the molecule is CC(C)n1ccc(C(=O)N2CCO[C@H](C(=O)O)C2)n1. The van der Waals surface area contributed by atoms with E-state index < -0.39 is 12.1 Å². The van der Waals surface area contributed by atoms with Gasteiger partial charge in [0.1, 0.15) is 5.69 Å². The summed E-state index contributed by atoms with van der Waals surface area (Å²) < 4.78 is 6.78. The molecule has 104 valence electrons. The molecule has 0 aromatic carbocycles. The van der Waals surface area contributed by atoms with E-state index in [1.807, 2.05) is 13.8 Å². The average Bonchev–Trinajstić information content (AvgIpc) is 2.87. The molecule has 0 spiro atoms. The molecular weight excluding hydrogens is 250 g/mol. The molecule has 7 heteroatoms. The van der Waals surface area contributed by atoms with Crippen LogP contribution in [0.2, 0.25) is 0 Å². The predicted molar refractivity (Wildman–Crippen MR) is 65.9 cm³/mol. The second-order valence-corrected chi connectivity index (χ2v) is 4.72. The van der Waals surface area contributed by atoms with Crippen molar-refractivity contribution >= 4 is 11.9 Å². The molecule has 1 aromatic heterocycles. The van der Waals surface area contributed by atoms with Gasteiger partial charge in [-0.1, -0.05) is 0 Å². The van der Waals surface area contributed by atoms with Gasteiger partial charge in [0, 0.05) is 18.8 Å². The molecule has 1 aliphatic rings. The molecule has 1 atom stereocenters. The molecule has 0 bridgehead atoms. The van der Waals surface area contributed by atoms with Crippen LogP contribution in [0.3, 0.4) is 0 Å². The highest BCUT2D eigenvalue weighted by Gasteiger charge is 2.30. The van der Waals surface area contributed by atoms with Crippen molar-refractivity contribution in [1.29, 1.82) is 0 Å². The number of hydrogen-bond donors (Lipinski definition) is 1. The first-order valence-electron chi connectivity index (χ1n) is 6.18. The summed E-state index contributed by atoms with van der Waals surface area (Å²) in [6.07, 6.45) is 0.789. The minimum absolute atomic E-state index is 0.0582. The summed E-state index contributed by atoms with van der Waals surface area (Å²) in [5.74, 6) is -1.31. The maximum atomic E-state index is 12.2. The zero-order valence-electron chi connectivity index (χ0n) is 10.9. The molecule has 19 heavy (non-hydrogen) atoms. The number of carboxylic acids is 1. The van der Waals surface area contributed by atoms with Gasteiger partial charge in [-0.2, -0.15) is 5.10 Å². The van der Waals surface area contributed by atoms with Crippen LogP contribution in [-0.4, -0.2) is 57.5 Å². The Morgan fingerprint density at radius 3 is 2.84 bits per heavy atom. The van der Waals surface area contributed by atoms with E-state index in [2.05, 4.69) is 5.10 Å². The minimum atomic E-state index is -1.05. The Bertz CT molecular complexity index is 483. The zero-order valence-corrected chi connectivity index (χ0v) is 10.9. The second-order valence-electron chi connectivity index (χ2n) is 4.72. The Labute approximate surface area is 110 Å². The summed E-state index contributed by atoms with van der Waals surface area (Å²) in [7, 11) is 0. The highest BCUT2D eigenvalue weighted by atomic mass is 16.5. The van der Waals surface area contributed by atoms with Crippen molar-refractivity contribution in [2.75, 3.05) is 19.7 Å². The lowest BCUT2D eigenvalue weighted by molar-refractivity contribution is -0.154. The van der Waals surface area contributed by atoms with E-state index in [1.54, 1.807) is 16.9 Å². The largest absolute Gasteiger partial charge is 0.479 e. The molecule has 1 amide bonds. The number of rotatable bonds is 3. The van der Waals surface area contributed by atoms with Gasteiger partial charge in [-0.05, 0) is 19.9 Å². The number of morpholine rings is 1. The van der Waals surface area contributed by atoms with Gasteiger partial charge < -0.3 is 14.7 Å². The number of carboxylic acid groups (broad SMARTS) is 1. The van der Waals surface area contributed by atoms with Crippen LogP contribution in [0.25, 0.3) is 0 Å². The standard InChI is InChI=1S/C12H17N3O4/c1-8(2)15-4-3-9(13-15)11(16)14-5-6-19-10(7-14)12(17)18/h3-4,8,10H,5-7H2,1-2H3,(H,17,18)/t10-/m0/s1. The predicted octanol–water partition coefficient (Wildman–Crippen LogP) is 0.390. The maximum absolute atomic E-state index is 12.2. The number of hydrogen-bond acceptors (Lipinski definition) is 4. The van der Waals surface area contributed by atoms with E-state index in [0.29, 0.717) is 12.2 Å². The van der Waals surface area contributed by atoms with Crippen LogP contribution in [0.4, 0.5) is 0 Å². The second kappa shape index (κ2) is 5.40. The number of aliphatic carboxylic acids is 1. The molecule has 1 aliphatic heterocycles. The molecule has 0 saturated carbocycles. The normalized spacial score (nSPS) is 19.7. The third kappa shape index (κ3) is 2.93. The average molecular weight is 267 g/mol. The number of nitrogens with zero attached hydrogens (tertiary/aromatic N) is 3. The topological polar surface area (TPSA) is 84.7 Å². The van der Waals surface area contributed by atoms with E-state index in [1.165, 1.54) is 4.90 Å². The highest BCUT2D eigenvalue weighted by Crippen LogP contribution is 2.11. The summed E-state index contributed by atoms with van der Waals surface area (Å²) in [5, 5.41) is 13.1.